The molecule has 3 aliphatic heterocycles. The molecular formula is C59H67FN6O13. The summed E-state index contributed by atoms with van der Waals surface area (Å²) in [5.41, 5.74) is 1.34. The number of likely N-dealkylation sites (tertiary alicyclic amines) is 1. The molecule has 2 fully saturated rings. The second-order valence-electron chi connectivity index (χ2n) is 21.8. The van der Waals surface area contributed by atoms with Gasteiger partial charge in [-0.3, -0.25) is 48.1 Å². The Hall–Kier alpha value is -7.32. The molecule has 418 valence electrons. The SMILES string of the molecule is CC[C@@]1(O)C(=O)OCc2c1cc1n(c2=O)Cc2c-1nc1cc(F)c(C)c3c1c2[C@@H](CC(=O)C1(OCNC(=O)CCC(=O)[C@H](Cc2ccccc2)NC(=O)CCC(=O)CNC(=O)CCCCCN2C(=O)CC(C)C2=O)CCC1)CC3. The Morgan fingerprint density at radius 2 is 1.66 bits per heavy atom. The molecule has 5 aliphatic rings. The molecule has 5 amide bonds. The van der Waals surface area contributed by atoms with Crippen LogP contribution >= 0.6 is 0 Å². The van der Waals surface area contributed by atoms with Crippen molar-refractivity contribution in [3.63, 3.8) is 0 Å². The summed E-state index contributed by atoms with van der Waals surface area (Å²) in [4.78, 5) is 137. The van der Waals surface area contributed by atoms with Crippen molar-refractivity contribution in [2.45, 2.75) is 166 Å². The maximum absolute atomic E-state index is 15.5. The number of ketones is 3. The molecule has 5 heterocycles. The van der Waals surface area contributed by atoms with Crippen LogP contribution in [0.2, 0.25) is 0 Å². The number of aryl methyl sites for hydroxylation is 1. The number of pyridine rings is 2. The fourth-order valence-corrected chi connectivity index (χ4v) is 11.8. The van der Waals surface area contributed by atoms with Gasteiger partial charge in [-0.2, -0.15) is 0 Å². The summed E-state index contributed by atoms with van der Waals surface area (Å²) >= 11 is 0. The average Bonchev–Trinajstić information content (AvgIpc) is 3.81. The summed E-state index contributed by atoms with van der Waals surface area (Å²) in [5.74, 6) is -4.66. The zero-order valence-electron chi connectivity index (χ0n) is 44.9. The molecule has 9 rings (SSSR count). The molecule has 1 saturated heterocycles. The van der Waals surface area contributed by atoms with Crippen LogP contribution in [0.5, 0.6) is 0 Å². The summed E-state index contributed by atoms with van der Waals surface area (Å²) in [6, 6.07) is 11.0. The van der Waals surface area contributed by atoms with Gasteiger partial charge in [0, 0.05) is 80.0 Å². The number of unbranched alkanes of at least 4 members (excludes halogenated alkanes) is 2. The number of hydrogen-bond donors (Lipinski definition) is 4. The van der Waals surface area contributed by atoms with E-state index in [-0.39, 0.29) is 136 Å². The molecule has 1 unspecified atom stereocenters. The monoisotopic (exact) mass is 1090 g/mol. The van der Waals surface area contributed by atoms with Crippen molar-refractivity contribution < 1.29 is 62.1 Å². The van der Waals surface area contributed by atoms with E-state index in [0.717, 1.165) is 22.1 Å². The van der Waals surface area contributed by atoms with E-state index in [0.29, 0.717) is 85.9 Å². The van der Waals surface area contributed by atoms with E-state index in [1.807, 2.05) is 6.07 Å². The number of fused-ring (bicyclic) bond motifs is 5. The number of aliphatic hydroxyl groups is 1. The van der Waals surface area contributed by atoms with E-state index in [1.54, 1.807) is 51.1 Å². The fraction of sp³-hybridized carbons (Fsp3) is 0.508. The van der Waals surface area contributed by atoms with Gasteiger partial charge in [0.15, 0.2) is 23.0 Å². The number of rotatable bonds is 25. The highest BCUT2D eigenvalue weighted by molar-refractivity contribution is 6.03. The molecule has 20 heteroatoms. The van der Waals surface area contributed by atoms with Crippen LogP contribution in [0.15, 0.2) is 47.3 Å². The third-order valence-corrected chi connectivity index (χ3v) is 16.7. The number of nitrogens with zero attached hydrogens (tertiary/aromatic N) is 3. The molecule has 19 nitrogen and oxygen atoms in total. The second-order valence-corrected chi connectivity index (χ2v) is 21.8. The lowest BCUT2D eigenvalue weighted by Crippen LogP contribution is -2.50. The first kappa shape index (κ1) is 56.4. The highest BCUT2D eigenvalue weighted by atomic mass is 19.1. The molecule has 1 saturated carbocycles. The standard InChI is InChI=1S/C59H67FN6O13/c1-4-59(77)41-27-45-54-39(30-66(45)56(75)40(41)31-78-57(59)76)52-36(15-17-38-34(3)42(60)28-44(64-54)53(38)52)26-47(69)58(21-11-22-58)79-32-62-49(71)20-18-46(68)43(25-35-12-7-5-8-13-35)63-50(72)19-16-37(67)29-61-48(70)14-9-6-10-23-65-51(73)24-33(2)55(65)74/h5,7-8,12-13,27-28,33,36,43,77H,4,6,9-11,14-26,29-32H2,1-3H3,(H,61,70)(H,62,71)(H,63,72)/t33?,36-,43+,59+/m1/s1. The zero-order chi connectivity index (χ0) is 56.3. The number of amides is 5. The predicted molar refractivity (Wildman–Crippen MR) is 283 cm³/mol. The fourth-order valence-electron chi connectivity index (χ4n) is 11.8. The third-order valence-electron chi connectivity index (χ3n) is 16.7. The van der Waals surface area contributed by atoms with E-state index >= 15 is 4.39 Å². The number of cyclic esters (lactones) is 1. The molecular weight excluding hydrogens is 1020 g/mol. The van der Waals surface area contributed by atoms with Crippen molar-refractivity contribution in [2.75, 3.05) is 19.8 Å². The van der Waals surface area contributed by atoms with Crippen LogP contribution in [-0.4, -0.2) is 104 Å². The zero-order valence-corrected chi connectivity index (χ0v) is 44.9. The van der Waals surface area contributed by atoms with E-state index < -0.39 is 52.2 Å². The highest BCUT2D eigenvalue weighted by Crippen LogP contribution is 2.49. The number of ether oxygens (including phenoxy) is 2. The smallest absolute Gasteiger partial charge is 0.343 e. The molecule has 79 heavy (non-hydrogen) atoms. The van der Waals surface area contributed by atoms with Crippen molar-refractivity contribution in [3.8, 4) is 11.4 Å². The van der Waals surface area contributed by atoms with Crippen LogP contribution < -0.4 is 21.5 Å². The van der Waals surface area contributed by atoms with Crippen LogP contribution in [0.4, 0.5) is 4.39 Å². The second kappa shape index (κ2) is 23.6. The Labute approximate surface area is 455 Å². The number of aromatic nitrogens is 2. The lowest BCUT2D eigenvalue weighted by molar-refractivity contribution is -0.172. The van der Waals surface area contributed by atoms with Gasteiger partial charge >= 0.3 is 5.97 Å². The van der Waals surface area contributed by atoms with Gasteiger partial charge in [-0.1, -0.05) is 50.6 Å². The number of benzene rings is 2. The summed E-state index contributed by atoms with van der Waals surface area (Å²) in [7, 11) is 0. The number of imide groups is 1. The van der Waals surface area contributed by atoms with Crippen LogP contribution in [-0.2, 0) is 84.2 Å². The van der Waals surface area contributed by atoms with Gasteiger partial charge in [0.1, 0.15) is 24.8 Å². The van der Waals surface area contributed by atoms with Crippen molar-refractivity contribution in [3.05, 3.63) is 97.6 Å². The summed E-state index contributed by atoms with van der Waals surface area (Å²) < 4.78 is 28.6. The largest absolute Gasteiger partial charge is 0.458 e. The predicted octanol–water partition coefficient (Wildman–Crippen LogP) is 5.03. The molecule has 4 atom stereocenters. The van der Waals surface area contributed by atoms with Gasteiger partial charge in [-0.15, -0.1) is 0 Å². The van der Waals surface area contributed by atoms with Crippen molar-refractivity contribution >= 4 is 63.8 Å². The minimum absolute atomic E-state index is 0.0332. The number of esters is 1. The Morgan fingerprint density at radius 1 is 0.911 bits per heavy atom. The summed E-state index contributed by atoms with van der Waals surface area (Å²) in [5, 5.41) is 20.2. The van der Waals surface area contributed by atoms with E-state index in [2.05, 4.69) is 16.0 Å². The number of halogens is 1. The van der Waals surface area contributed by atoms with Gasteiger partial charge < -0.3 is 35.1 Å². The molecule has 2 aromatic heterocycles. The molecule has 0 bridgehead atoms. The first-order valence-corrected chi connectivity index (χ1v) is 27.6. The van der Waals surface area contributed by atoms with Gasteiger partial charge in [-0.25, -0.2) is 14.2 Å². The maximum Gasteiger partial charge on any atom is 0.343 e. The number of carbonyl (C=O) groups is 9. The Kier molecular flexibility index (Phi) is 16.8. The topological polar surface area (TPSA) is 267 Å². The minimum Gasteiger partial charge on any atom is -0.458 e. The van der Waals surface area contributed by atoms with Crippen LogP contribution in [0, 0.1) is 18.7 Å². The van der Waals surface area contributed by atoms with Crippen molar-refractivity contribution in [2.24, 2.45) is 5.92 Å². The average molecular weight is 1090 g/mol. The van der Waals surface area contributed by atoms with Gasteiger partial charge in [-0.05, 0) is 98.9 Å². The minimum atomic E-state index is -2.04. The van der Waals surface area contributed by atoms with Crippen LogP contribution in [0.1, 0.15) is 155 Å². The molecule has 0 radical (unpaired) electrons. The number of nitrogens with one attached hydrogen (secondary N) is 3. The number of carbonyl (C=O) groups excluding carboxylic acids is 9. The Balaban J connectivity index is 0.774. The van der Waals surface area contributed by atoms with Crippen LogP contribution in [0.3, 0.4) is 0 Å². The number of hydrogen-bond acceptors (Lipinski definition) is 14. The number of Topliss-reactive ketones (excluding diaryl/α,β-unsaturated/α-hetero) is 3. The van der Waals surface area contributed by atoms with E-state index in [9.17, 15) is 53.1 Å². The quantitative estimate of drug-likeness (QED) is 0.0259. The Morgan fingerprint density at radius 3 is 2.37 bits per heavy atom. The summed E-state index contributed by atoms with van der Waals surface area (Å²) in [6.07, 6.45) is 3.88. The normalized spacial score (nSPS) is 19.9. The highest BCUT2D eigenvalue weighted by Gasteiger charge is 2.48. The van der Waals surface area contributed by atoms with Gasteiger partial charge in [0.25, 0.3) is 5.56 Å². The molecule has 0 spiro atoms. The molecule has 2 aliphatic carbocycles. The lowest BCUT2D eigenvalue weighted by atomic mass is 9.70. The first-order chi connectivity index (χ1) is 37.8. The molecule has 2 aromatic carbocycles. The van der Waals surface area contributed by atoms with Crippen LogP contribution in [0.25, 0.3) is 22.3 Å². The van der Waals surface area contributed by atoms with Gasteiger partial charge in [0.05, 0.1) is 41.6 Å². The molecule has 4 N–H and O–H groups in total. The van der Waals surface area contributed by atoms with E-state index in [4.69, 9.17) is 14.5 Å². The lowest BCUT2D eigenvalue weighted by Gasteiger charge is -2.41. The van der Waals surface area contributed by atoms with Gasteiger partial charge in [0.2, 0.25) is 29.5 Å². The third kappa shape index (κ3) is 11.6. The molecule has 4 aromatic rings. The van der Waals surface area contributed by atoms with Crippen molar-refractivity contribution in [1.29, 1.82) is 0 Å². The Bertz CT molecular complexity index is 3220. The first-order valence-electron chi connectivity index (χ1n) is 27.6. The maximum atomic E-state index is 15.5. The van der Waals surface area contributed by atoms with E-state index in [1.165, 1.54) is 15.5 Å². The van der Waals surface area contributed by atoms with Crippen molar-refractivity contribution in [1.82, 2.24) is 30.4 Å². The summed E-state index contributed by atoms with van der Waals surface area (Å²) in [6.45, 7) is 4.61.